The van der Waals surface area contributed by atoms with Gasteiger partial charge in [-0.05, 0) is 37.0 Å². The van der Waals surface area contributed by atoms with E-state index in [1.165, 1.54) is 6.08 Å². The summed E-state index contributed by atoms with van der Waals surface area (Å²) in [5.74, 6) is 1.40. The van der Waals surface area contributed by atoms with Crippen molar-refractivity contribution in [1.82, 2.24) is 15.5 Å². The molecule has 1 aromatic carbocycles. The quantitative estimate of drug-likeness (QED) is 0.733. The first kappa shape index (κ1) is 18.0. The van der Waals surface area contributed by atoms with Gasteiger partial charge in [0.05, 0.1) is 0 Å². The van der Waals surface area contributed by atoms with Gasteiger partial charge >= 0.3 is 0 Å². The third kappa shape index (κ3) is 4.41. The van der Waals surface area contributed by atoms with Crippen LogP contribution in [0.4, 0.5) is 0 Å². The number of hydrogen-bond acceptors (Lipinski definition) is 4. The summed E-state index contributed by atoms with van der Waals surface area (Å²) in [6.45, 7) is 3.97. The van der Waals surface area contributed by atoms with E-state index in [-0.39, 0.29) is 17.9 Å². The number of carbonyl (C=O) groups is 1. The van der Waals surface area contributed by atoms with Crippen LogP contribution in [0.25, 0.3) is 6.08 Å². The minimum absolute atomic E-state index is 0.105. The molecular weight excluding hydrogens is 361 g/mol. The Bertz CT molecular complexity index is 777. The van der Waals surface area contributed by atoms with E-state index in [4.69, 9.17) is 27.7 Å². The van der Waals surface area contributed by atoms with Gasteiger partial charge in [-0.25, -0.2) is 0 Å². The number of aromatic nitrogens is 2. The SMILES string of the molecule is CC(C)C(NC(=O)C=Cc1c(Cl)cccc1Cl)c1nc(C2CC2)no1. The van der Waals surface area contributed by atoms with Gasteiger partial charge in [0.25, 0.3) is 0 Å². The van der Waals surface area contributed by atoms with Crippen molar-refractivity contribution in [2.75, 3.05) is 0 Å². The number of nitrogens with zero attached hydrogens (tertiary/aromatic N) is 2. The van der Waals surface area contributed by atoms with Crippen molar-refractivity contribution in [3.8, 4) is 0 Å². The predicted octanol–water partition coefficient (Wildman–Crippen LogP) is 4.78. The summed E-state index contributed by atoms with van der Waals surface area (Å²) in [6, 6.07) is 4.85. The first-order valence-corrected chi connectivity index (χ1v) is 8.97. The Kier molecular flexibility index (Phi) is 5.45. The fourth-order valence-electron chi connectivity index (χ4n) is 2.42. The van der Waals surface area contributed by atoms with Crippen LogP contribution in [-0.4, -0.2) is 16.0 Å². The molecule has 1 heterocycles. The van der Waals surface area contributed by atoms with Crippen LogP contribution in [0, 0.1) is 5.92 Å². The maximum atomic E-state index is 12.3. The molecule has 132 valence electrons. The Morgan fingerprint density at radius 2 is 2.00 bits per heavy atom. The number of hydrogen-bond donors (Lipinski definition) is 1. The molecule has 0 aliphatic heterocycles. The molecule has 2 aromatic rings. The first-order chi connectivity index (χ1) is 12.0. The summed E-state index contributed by atoms with van der Waals surface area (Å²) in [5, 5.41) is 7.90. The second-order valence-electron chi connectivity index (χ2n) is 6.46. The summed E-state index contributed by atoms with van der Waals surface area (Å²) < 4.78 is 5.35. The predicted molar refractivity (Wildman–Crippen MR) is 97.5 cm³/mol. The van der Waals surface area contributed by atoms with E-state index in [2.05, 4.69) is 15.5 Å². The van der Waals surface area contributed by atoms with Crippen molar-refractivity contribution in [2.24, 2.45) is 5.92 Å². The lowest BCUT2D eigenvalue weighted by atomic mass is 10.0. The lowest BCUT2D eigenvalue weighted by Gasteiger charge is -2.17. The van der Waals surface area contributed by atoms with E-state index in [1.807, 2.05) is 13.8 Å². The van der Waals surface area contributed by atoms with Gasteiger partial charge in [0.1, 0.15) is 6.04 Å². The Balaban J connectivity index is 1.71. The maximum absolute atomic E-state index is 12.3. The topological polar surface area (TPSA) is 68.0 Å². The van der Waals surface area contributed by atoms with Gasteiger partial charge in [0, 0.05) is 27.6 Å². The molecule has 5 nitrogen and oxygen atoms in total. The summed E-state index contributed by atoms with van der Waals surface area (Å²) in [5.41, 5.74) is 0.607. The molecule has 0 bridgehead atoms. The van der Waals surface area contributed by atoms with Gasteiger partial charge in [-0.3, -0.25) is 4.79 Å². The standard InChI is InChI=1S/C18H19Cl2N3O2/c1-10(2)16(18-22-17(23-25-18)11-6-7-11)21-15(24)9-8-12-13(19)4-3-5-14(12)20/h3-5,8-11,16H,6-7H2,1-2H3,(H,21,24). The van der Waals surface area contributed by atoms with Crippen molar-refractivity contribution < 1.29 is 9.32 Å². The Labute approximate surface area is 156 Å². The molecule has 1 amide bonds. The molecule has 25 heavy (non-hydrogen) atoms. The first-order valence-electron chi connectivity index (χ1n) is 8.21. The minimum atomic E-state index is -0.348. The molecule has 1 aliphatic carbocycles. The summed E-state index contributed by atoms with van der Waals surface area (Å²) in [7, 11) is 0. The highest BCUT2D eigenvalue weighted by Gasteiger charge is 2.31. The third-order valence-electron chi connectivity index (χ3n) is 4.03. The van der Waals surface area contributed by atoms with E-state index in [9.17, 15) is 4.79 Å². The molecule has 3 rings (SSSR count). The number of amides is 1. The van der Waals surface area contributed by atoms with E-state index in [1.54, 1.807) is 24.3 Å². The lowest BCUT2D eigenvalue weighted by Crippen LogP contribution is -2.30. The zero-order valence-corrected chi connectivity index (χ0v) is 15.5. The van der Waals surface area contributed by atoms with Gasteiger partial charge in [-0.1, -0.05) is 48.3 Å². The summed E-state index contributed by atoms with van der Waals surface area (Å²) in [6.07, 6.45) is 5.19. The highest BCUT2D eigenvalue weighted by atomic mass is 35.5. The van der Waals surface area contributed by atoms with E-state index in [0.29, 0.717) is 27.4 Å². The average Bonchev–Trinajstić information content (AvgIpc) is 3.30. The average molecular weight is 380 g/mol. The van der Waals surface area contributed by atoms with E-state index in [0.717, 1.165) is 18.7 Å². The fraction of sp³-hybridized carbons (Fsp3) is 0.389. The summed E-state index contributed by atoms with van der Waals surface area (Å²) in [4.78, 5) is 16.7. The highest BCUT2D eigenvalue weighted by Crippen LogP contribution is 2.38. The highest BCUT2D eigenvalue weighted by molar-refractivity contribution is 6.37. The lowest BCUT2D eigenvalue weighted by molar-refractivity contribution is -0.117. The molecule has 1 atom stereocenters. The number of halogens is 2. The number of carbonyl (C=O) groups excluding carboxylic acids is 1. The zero-order valence-electron chi connectivity index (χ0n) is 14.0. The minimum Gasteiger partial charge on any atom is -0.340 e. The molecule has 1 N–H and O–H groups in total. The van der Waals surface area contributed by atoms with Gasteiger partial charge in [-0.15, -0.1) is 0 Å². The van der Waals surface area contributed by atoms with Crippen LogP contribution in [0.2, 0.25) is 10.0 Å². The van der Waals surface area contributed by atoms with Gasteiger partial charge in [-0.2, -0.15) is 4.98 Å². The monoisotopic (exact) mass is 379 g/mol. The van der Waals surface area contributed by atoms with Crippen LogP contribution >= 0.6 is 23.2 Å². The second kappa shape index (κ2) is 7.58. The van der Waals surface area contributed by atoms with Gasteiger partial charge < -0.3 is 9.84 Å². The molecule has 0 radical (unpaired) electrons. The Morgan fingerprint density at radius 1 is 1.32 bits per heavy atom. The summed E-state index contributed by atoms with van der Waals surface area (Å²) >= 11 is 12.2. The fourth-order valence-corrected chi connectivity index (χ4v) is 2.95. The Hall–Kier alpha value is -1.85. The second-order valence-corrected chi connectivity index (χ2v) is 7.28. The molecule has 0 spiro atoms. The van der Waals surface area contributed by atoms with Crippen LogP contribution in [0.5, 0.6) is 0 Å². The molecule has 0 saturated heterocycles. The van der Waals surface area contributed by atoms with Gasteiger partial charge in [0.2, 0.25) is 11.8 Å². The molecule has 7 heteroatoms. The van der Waals surface area contributed by atoms with Crippen molar-refractivity contribution in [2.45, 2.75) is 38.6 Å². The van der Waals surface area contributed by atoms with Crippen molar-refractivity contribution in [3.63, 3.8) is 0 Å². The molecule has 1 aromatic heterocycles. The van der Waals surface area contributed by atoms with Crippen molar-refractivity contribution in [3.05, 3.63) is 51.6 Å². The largest absolute Gasteiger partial charge is 0.340 e. The smallest absolute Gasteiger partial charge is 0.249 e. The van der Waals surface area contributed by atoms with Crippen molar-refractivity contribution >= 4 is 35.2 Å². The molecular formula is C18H19Cl2N3O2. The van der Waals surface area contributed by atoms with Gasteiger partial charge in [0.15, 0.2) is 5.82 Å². The number of rotatable bonds is 6. The molecule has 1 unspecified atom stereocenters. The van der Waals surface area contributed by atoms with E-state index >= 15 is 0 Å². The number of nitrogens with one attached hydrogen (secondary N) is 1. The van der Waals surface area contributed by atoms with Crippen LogP contribution < -0.4 is 5.32 Å². The Morgan fingerprint density at radius 3 is 2.60 bits per heavy atom. The maximum Gasteiger partial charge on any atom is 0.249 e. The molecule has 1 fully saturated rings. The van der Waals surface area contributed by atoms with E-state index < -0.39 is 0 Å². The third-order valence-corrected chi connectivity index (χ3v) is 4.69. The van der Waals surface area contributed by atoms with Crippen LogP contribution in [0.3, 0.4) is 0 Å². The number of benzene rings is 1. The van der Waals surface area contributed by atoms with Crippen LogP contribution in [0.1, 0.15) is 55.9 Å². The normalized spacial score (nSPS) is 15.7. The van der Waals surface area contributed by atoms with Crippen molar-refractivity contribution in [1.29, 1.82) is 0 Å². The van der Waals surface area contributed by atoms with Crippen LogP contribution in [-0.2, 0) is 4.79 Å². The molecule has 1 aliphatic rings. The zero-order chi connectivity index (χ0) is 18.0. The van der Waals surface area contributed by atoms with Crippen LogP contribution in [0.15, 0.2) is 28.8 Å². The molecule has 1 saturated carbocycles.